The second-order valence-electron chi connectivity index (χ2n) is 7.03. The number of halogens is 2. The molecular formula is C20H25ClFN5O. The molecule has 1 atom stereocenters. The second kappa shape index (κ2) is 8.75. The maximum absolute atomic E-state index is 13.7. The van der Waals surface area contributed by atoms with Gasteiger partial charge in [-0.1, -0.05) is 31.4 Å². The van der Waals surface area contributed by atoms with Crippen molar-refractivity contribution >= 4 is 22.9 Å². The van der Waals surface area contributed by atoms with Crippen LogP contribution in [0.1, 0.15) is 37.3 Å². The number of hydrogen-bond acceptors (Lipinski definition) is 4. The van der Waals surface area contributed by atoms with Gasteiger partial charge in [0.1, 0.15) is 11.3 Å². The summed E-state index contributed by atoms with van der Waals surface area (Å²) in [5, 5.41) is 8.23. The van der Waals surface area contributed by atoms with E-state index in [1.165, 1.54) is 22.8 Å². The summed E-state index contributed by atoms with van der Waals surface area (Å²) in [7, 11) is 1.68. The molecule has 0 radical (unpaired) electrons. The first-order valence-corrected chi connectivity index (χ1v) is 9.78. The van der Waals surface area contributed by atoms with E-state index in [9.17, 15) is 9.18 Å². The third-order valence-electron chi connectivity index (χ3n) is 4.80. The molecule has 150 valence electrons. The van der Waals surface area contributed by atoms with Crippen molar-refractivity contribution in [2.75, 3.05) is 11.9 Å². The Balaban J connectivity index is 2.00. The minimum atomic E-state index is -0.375. The van der Waals surface area contributed by atoms with Crippen molar-refractivity contribution in [2.45, 2.75) is 38.6 Å². The maximum atomic E-state index is 13.7. The molecule has 3 N–H and O–H groups in total. The second-order valence-corrected chi connectivity index (χ2v) is 7.44. The molecule has 6 nitrogen and oxygen atoms in total. The fourth-order valence-electron chi connectivity index (χ4n) is 3.18. The van der Waals surface area contributed by atoms with Crippen LogP contribution in [0.25, 0.3) is 5.52 Å². The zero-order valence-electron chi connectivity index (χ0n) is 16.1. The fourth-order valence-corrected chi connectivity index (χ4v) is 3.36. The number of benzene rings is 1. The Morgan fingerprint density at radius 1 is 1.36 bits per heavy atom. The molecule has 0 aliphatic carbocycles. The van der Waals surface area contributed by atoms with Crippen molar-refractivity contribution in [3.05, 3.63) is 62.9 Å². The van der Waals surface area contributed by atoms with Gasteiger partial charge in [-0.2, -0.15) is 0 Å². The third-order valence-corrected chi connectivity index (χ3v) is 5.17. The molecule has 0 spiro atoms. The van der Waals surface area contributed by atoms with E-state index in [0.717, 1.165) is 19.3 Å². The summed E-state index contributed by atoms with van der Waals surface area (Å²) in [5.74, 6) is 0.190. The predicted molar refractivity (Wildman–Crippen MR) is 111 cm³/mol. The van der Waals surface area contributed by atoms with Crippen molar-refractivity contribution in [3.63, 3.8) is 0 Å². The van der Waals surface area contributed by atoms with Gasteiger partial charge < -0.3 is 15.6 Å². The highest BCUT2D eigenvalue weighted by molar-refractivity contribution is 6.31. The average molecular weight is 406 g/mol. The molecule has 3 rings (SSSR count). The molecule has 8 heteroatoms. The van der Waals surface area contributed by atoms with Crippen molar-refractivity contribution in [3.8, 4) is 0 Å². The number of nitrogens with zero attached hydrogens (tertiary/aromatic N) is 3. The van der Waals surface area contributed by atoms with Crippen LogP contribution in [0.5, 0.6) is 0 Å². The van der Waals surface area contributed by atoms with Gasteiger partial charge in [-0.05, 0) is 30.2 Å². The predicted octanol–water partition coefficient (Wildman–Crippen LogP) is 3.35. The number of rotatable bonds is 8. The smallest absolute Gasteiger partial charge is 0.276 e. The van der Waals surface area contributed by atoms with Crippen LogP contribution in [0.4, 0.5) is 10.2 Å². The Kier molecular flexibility index (Phi) is 6.36. The molecule has 1 aromatic carbocycles. The number of aryl methyl sites for hydroxylation is 1. The Morgan fingerprint density at radius 2 is 2.14 bits per heavy atom. The molecule has 0 amide bonds. The van der Waals surface area contributed by atoms with E-state index in [4.69, 9.17) is 17.3 Å². The van der Waals surface area contributed by atoms with Crippen LogP contribution in [-0.4, -0.2) is 26.8 Å². The Morgan fingerprint density at radius 3 is 2.89 bits per heavy atom. The molecule has 2 heterocycles. The normalized spacial score (nSPS) is 12.5. The van der Waals surface area contributed by atoms with E-state index in [1.807, 2.05) is 0 Å². The zero-order chi connectivity index (χ0) is 20.3. The molecule has 0 aliphatic heterocycles. The number of unbranched alkanes of at least 4 members (excludes halogenated alkanes) is 1. The van der Waals surface area contributed by atoms with E-state index >= 15 is 0 Å². The minimum Gasteiger partial charge on any atom is -0.367 e. The highest BCUT2D eigenvalue weighted by Gasteiger charge is 2.19. The topological polar surface area (TPSA) is 77.3 Å². The lowest BCUT2D eigenvalue weighted by Gasteiger charge is -2.13. The number of fused-ring (bicyclic) bond motifs is 1. The molecule has 3 aromatic rings. The van der Waals surface area contributed by atoms with Crippen LogP contribution in [0.15, 0.2) is 35.4 Å². The lowest BCUT2D eigenvalue weighted by Crippen LogP contribution is -2.29. The summed E-state index contributed by atoms with van der Waals surface area (Å²) in [5.41, 5.74) is 7.70. The Labute approximate surface area is 168 Å². The van der Waals surface area contributed by atoms with Crippen molar-refractivity contribution in [2.24, 2.45) is 12.8 Å². The minimum absolute atomic E-state index is 0.0156. The Bertz CT molecular complexity index is 1030. The molecule has 0 saturated heterocycles. The van der Waals surface area contributed by atoms with E-state index in [2.05, 4.69) is 17.3 Å². The highest BCUT2D eigenvalue weighted by Crippen LogP contribution is 2.26. The SMILES string of the molecule is CCCC[C@@H](N)CNc1nn2ccn(C)c(=O)c2c1Cc1cc(F)ccc1Cl. The molecule has 0 bridgehead atoms. The van der Waals surface area contributed by atoms with Gasteiger partial charge in [-0.25, -0.2) is 8.91 Å². The Hall–Kier alpha value is -2.38. The molecule has 0 saturated carbocycles. The lowest BCUT2D eigenvalue weighted by atomic mass is 10.0. The summed E-state index contributed by atoms with van der Waals surface area (Å²) in [6, 6.07) is 4.20. The van der Waals surface area contributed by atoms with Crippen molar-refractivity contribution < 1.29 is 4.39 Å². The van der Waals surface area contributed by atoms with Crippen LogP contribution in [0.3, 0.4) is 0 Å². The number of nitrogens with one attached hydrogen (secondary N) is 1. The van der Waals surface area contributed by atoms with E-state index in [-0.39, 0.29) is 23.8 Å². The first-order chi connectivity index (χ1) is 13.4. The van der Waals surface area contributed by atoms with Gasteiger partial charge in [-0.3, -0.25) is 4.79 Å². The highest BCUT2D eigenvalue weighted by atomic mass is 35.5. The van der Waals surface area contributed by atoms with Crippen LogP contribution in [-0.2, 0) is 13.5 Å². The lowest BCUT2D eigenvalue weighted by molar-refractivity contribution is 0.595. The number of hydrogen-bond donors (Lipinski definition) is 2. The number of nitrogens with two attached hydrogens (primary N) is 1. The molecular weight excluding hydrogens is 381 g/mol. The van der Waals surface area contributed by atoms with Crippen LogP contribution in [0.2, 0.25) is 5.02 Å². The summed E-state index contributed by atoms with van der Waals surface area (Å²) >= 11 is 6.25. The first kappa shape index (κ1) is 20.4. The monoisotopic (exact) mass is 405 g/mol. The van der Waals surface area contributed by atoms with Gasteiger partial charge in [0.25, 0.3) is 5.56 Å². The van der Waals surface area contributed by atoms with E-state index < -0.39 is 0 Å². The zero-order valence-corrected chi connectivity index (χ0v) is 16.8. The van der Waals surface area contributed by atoms with Gasteiger partial charge in [0.15, 0.2) is 5.82 Å². The van der Waals surface area contributed by atoms with Gasteiger partial charge in [-0.15, -0.1) is 5.10 Å². The van der Waals surface area contributed by atoms with E-state index in [1.54, 1.807) is 24.0 Å². The molecule has 0 unspecified atom stereocenters. The van der Waals surface area contributed by atoms with Gasteiger partial charge >= 0.3 is 0 Å². The van der Waals surface area contributed by atoms with Gasteiger partial charge in [0.05, 0.1) is 0 Å². The first-order valence-electron chi connectivity index (χ1n) is 9.41. The number of anilines is 1. The van der Waals surface area contributed by atoms with Gasteiger partial charge in [0.2, 0.25) is 0 Å². The van der Waals surface area contributed by atoms with Crippen molar-refractivity contribution in [1.82, 2.24) is 14.2 Å². The molecule has 0 fully saturated rings. The van der Waals surface area contributed by atoms with Crippen LogP contribution < -0.4 is 16.6 Å². The third kappa shape index (κ3) is 4.36. The van der Waals surface area contributed by atoms with Crippen molar-refractivity contribution in [1.29, 1.82) is 0 Å². The molecule has 0 aliphatic rings. The summed E-state index contributed by atoms with van der Waals surface area (Å²) in [6.07, 6.45) is 6.70. The summed E-state index contributed by atoms with van der Waals surface area (Å²) in [6.45, 7) is 2.66. The van der Waals surface area contributed by atoms with Crippen LogP contribution >= 0.6 is 11.6 Å². The fraction of sp³-hybridized carbons (Fsp3) is 0.400. The summed E-state index contributed by atoms with van der Waals surface area (Å²) < 4.78 is 16.8. The quantitative estimate of drug-likeness (QED) is 0.602. The average Bonchev–Trinajstić information content (AvgIpc) is 3.02. The maximum Gasteiger partial charge on any atom is 0.276 e. The number of aromatic nitrogens is 3. The van der Waals surface area contributed by atoms with Crippen LogP contribution in [0, 0.1) is 5.82 Å². The standard InChI is InChI=1S/C20H25ClFN5O/c1-3-4-5-15(23)12-24-19-16(11-13-10-14(22)6-7-17(13)21)18-20(28)26(2)8-9-27(18)25-19/h6-10,15H,3-5,11-12,23H2,1-2H3,(H,24,25)/t15-/m1/s1. The summed E-state index contributed by atoms with van der Waals surface area (Å²) in [4.78, 5) is 12.7. The molecule has 28 heavy (non-hydrogen) atoms. The van der Waals surface area contributed by atoms with Gasteiger partial charge in [0, 0.05) is 49.0 Å². The van der Waals surface area contributed by atoms with E-state index in [0.29, 0.717) is 34.0 Å². The molecule has 2 aromatic heterocycles. The largest absolute Gasteiger partial charge is 0.367 e.